The summed E-state index contributed by atoms with van der Waals surface area (Å²) >= 11 is 7.29. The lowest BCUT2D eigenvalue weighted by Gasteiger charge is -2.24. The molecule has 2 aromatic rings. The van der Waals surface area contributed by atoms with E-state index in [1.807, 2.05) is 0 Å². The predicted molar refractivity (Wildman–Crippen MR) is 122 cm³/mol. The topological polar surface area (TPSA) is 49.0 Å². The summed E-state index contributed by atoms with van der Waals surface area (Å²) in [6, 6.07) is 7.72. The molecule has 0 spiro atoms. The summed E-state index contributed by atoms with van der Waals surface area (Å²) in [4.78, 5) is 4.00. The van der Waals surface area contributed by atoms with Gasteiger partial charge in [-0.2, -0.15) is 4.39 Å². The first-order valence-corrected chi connectivity index (χ1v) is 11.7. The Hall–Kier alpha value is -1.57. The van der Waals surface area contributed by atoms with E-state index in [0.717, 1.165) is 30.7 Å². The Morgan fingerprint density at radius 2 is 1.93 bits per heavy atom. The third-order valence-electron chi connectivity index (χ3n) is 5.27. The largest absolute Gasteiger partial charge is 0.381 e. The minimum Gasteiger partial charge on any atom is -0.381 e. The van der Waals surface area contributed by atoms with Gasteiger partial charge in [-0.05, 0) is 74.5 Å². The number of nitrogens with zero attached hydrogens (tertiary/aromatic N) is 1. The van der Waals surface area contributed by atoms with Gasteiger partial charge >= 0.3 is 0 Å². The molecule has 0 amide bonds. The second kappa shape index (κ2) is 11.7. The number of benzene rings is 1. The van der Waals surface area contributed by atoms with E-state index in [-0.39, 0.29) is 5.82 Å². The van der Waals surface area contributed by atoms with E-state index >= 15 is 0 Å². The molecule has 2 heterocycles. The summed E-state index contributed by atoms with van der Waals surface area (Å²) in [5.74, 6) is 0.280. The predicted octanol–water partition coefficient (Wildman–Crippen LogP) is 6.49. The van der Waals surface area contributed by atoms with Crippen LogP contribution in [-0.4, -0.2) is 24.1 Å². The lowest BCUT2D eigenvalue weighted by Crippen LogP contribution is -2.22. The molecule has 1 saturated heterocycles. The van der Waals surface area contributed by atoms with E-state index in [2.05, 4.69) is 27.3 Å². The summed E-state index contributed by atoms with van der Waals surface area (Å²) in [5.41, 5.74) is 0.620. The molecule has 4 nitrogen and oxygen atoms in total. The van der Waals surface area contributed by atoms with Crippen molar-refractivity contribution in [2.45, 2.75) is 56.4 Å². The van der Waals surface area contributed by atoms with Crippen LogP contribution in [0.15, 0.2) is 35.2 Å². The standard InChI is InChI=1S/C17H18ClF2N3S.C5H11N/c18-12-9-15(24-23-17-8-4-7-16(20)22-17)13(19)10-14(12)21-11-5-2-1-3-6-11;1-5-2-3-6-4-5/h4,7-11,21H,1-3,5-6H2,(H,22,23);5-6H,2-4H2,1H3. The molecule has 30 heavy (non-hydrogen) atoms. The van der Waals surface area contributed by atoms with Gasteiger partial charge in [-0.25, -0.2) is 9.37 Å². The molecular weight excluding hydrogens is 426 g/mol. The minimum absolute atomic E-state index is 0.319. The van der Waals surface area contributed by atoms with Crippen LogP contribution in [0.1, 0.15) is 45.4 Å². The van der Waals surface area contributed by atoms with E-state index in [1.165, 1.54) is 57.0 Å². The van der Waals surface area contributed by atoms with Crippen molar-refractivity contribution in [1.29, 1.82) is 0 Å². The van der Waals surface area contributed by atoms with Gasteiger partial charge in [0.25, 0.3) is 0 Å². The SMILES string of the molecule is CC1CCNC1.Fc1cccc(NSc2cc(Cl)c(NC3CCCCC3)cc2F)n1. The number of halogens is 3. The Balaban J connectivity index is 0.000000367. The summed E-state index contributed by atoms with van der Waals surface area (Å²) in [6.07, 6.45) is 7.19. The molecular formula is C22H29ClF2N4S. The summed E-state index contributed by atoms with van der Waals surface area (Å²) < 4.78 is 30.2. The van der Waals surface area contributed by atoms with Crippen LogP contribution in [0, 0.1) is 17.7 Å². The maximum atomic E-state index is 14.3. The van der Waals surface area contributed by atoms with Crippen molar-refractivity contribution in [3.8, 4) is 0 Å². The van der Waals surface area contributed by atoms with Crippen LogP contribution in [0.2, 0.25) is 5.02 Å². The maximum absolute atomic E-state index is 14.3. The third-order valence-corrected chi connectivity index (χ3v) is 6.43. The second-order valence-electron chi connectivity index (χ2n) is 7.89. The quantitative estimate of drug-likeness (QED) is 0.356. The van der Waals surface area contributed by atoms with Gasteiger partial charge in [-0.15, -0.1) is 0 Å². The van der Waals surface area contributed by atoms with Gasteiger partial charge in [0.15, 0.2) is 0 Å². The molecule has 8 heteroatoms. The Morgan fingerprint density at radius 3 is 2.57 bits per heavy atom. The number of aromatic nitrogens is 1. The lowest BCUT2D eigenvalue weighted by atomic mass is 9.95. The molecule has 1 atom stereocenters. The molecule has 2 fully saturated rings. The summed E-state index contributed by atoms with van der Waals surface area (Å²) in [5, 5.41) is 7.08. The van der Waals surface area contributed by atoms with Crippen LogP contribution in [0.4, 0.5) is 20.3 Å². The zero-order valence-corrected chi connectivity index (χ0v) is 18.8. The van der Waals surface area contributed by atoms with E-state index < -0.39 is 5.95 Å². The fraction of sp³-hybridized carbons (Fsp3) is 0.500. The van der Waals surface area contributed by atoms with Crippen molar-refractivity contribution in [3.63, 3.8) is 0 Å². The average Bonchev–Trinajstić information content (AvgIpc) is 3.22. The molecule has 1 unspecified atom stereocenters. The van der Waals surface area contributed by atoms with Crippen LogP contribution >= 0.6 is 23.5 Å². The van der Waals surface area contributed by atoms with Crippen LogP contribution in [0.5, 0.6) is 0 Å². The van der Waals surface area contributed by atoms with Gasteiger partial charge in [0.2, 0.25) is 5.95 Å². The Bertz CT molecular complexity index is 812. The van der Waals surface area contributed by atoms with Gasteiger partial charge in [0.05, 0.1) is 15.6 Å². The van der Waals surface area contributed by atoms with Gasteiger partial charge in [0, 0.05) is 6.04 Å². The van der Waals surface area contributed by atoms with Gasteiger partial charge < -0.3 is 15.4 Å². The number of nitrogens with one attached hydrogen (secondary N) is 3. The van der Waals surface area contributed by atoms with Gasteiger partial charge in [-0.1, -0.05) is 43.9 Å². The van der Waals surface area contributed by atoms with Crippen LogP contribution < -0.4 is 15.4 Å². The molecule has 164 valence electrons. The third kappa shape index (κ3) is 7.29. The Labute approximate surface area is 186 Å². The van der Waals surface area contributed by atoms with Gasteiger partial charge in [-0.3, -0.25) is 0 Å². The molecule has 4 rings (SSSR count). The fourth-order valence-electron chi connectivity index (χ4n) is 3.56. The van der Waals surface area contributed by atoms with Crippen LogP contribution in [0.3, 0.4) is 0 Å². The van der Waals surface area contributed by atoms with Gasteiger partial charge in [0.1, 0.15) is 11.6 Å². The highest BCUT2D eigenvalue weighted by molar-refractivity contribution is 8.00. The van der Waals surface area contributed by atoms with Crippen molar-refractivity contribution < 1.29 is 8.78 Å². The molecule has 1 aliphatic heterocycles. The monoisotopic (exact) mass is 454 g/mol. The summed E-state index contributed by atoms with van der Waals surface area (Å²) in [7, 11) is 0. The molecule has 1 aromatic heterocycles. The molecule has 0 bridgehead atoms. The number of pyridine rings is 1. The Kier molecular flexibility index (Phi) is 9.03. The molecule has 2 aliphatic rings. The minimum atomic E-state index is -0.592. The highest BCUT2D eigenvalue weighted by Gasteiger charge is 2.16. The van der Waals surface area contributed by atoms with Crippen molar-refractivity contribution in [2.75, 3.05) is 23.1 Å². The first-order valence-electron chi connectivity index (χ1n) is 10.5. The first-order chi connectivity index (χ1) is 14.5. The maximum Gasteiger partial charge on any atom is 0.214 e. The van der Waals surface area contributed by atoms with E-state index in [4.69, 9.17) is 11.6 Å². The number of rotatable bonds is 5. The first kappa shape index (κ1) is 23.1. The molecule has 3 N–H and O–H groups in total. The zero-order valence-electron chi connectivity index (χ0n) is 17.2. The fourth-order valence-corrected chi connectivity index (χ4v) is 4.50. The van der Waals surface area contributed by atoms with Crippen molar-refractivity contribution in [1.82, 2.24) is 10.3 Å². The van der Waals surface area contributed by atoms with E-state index in [1.54, 1.807) is 12.1 Å². The normalized spacial score (nSPS) is 19.1. The summed E-state index contributed by atoms with van der Waals surface area (Å²) in [6.45, 7) is 4.75. The number of hydrogen-bond donors (Lipinski definition) is 3. The van der Waals surface area contributed by atoms with E-state index in [0.29, 0.717) is 27.5 Å². The molecule has 0 radical (unpaired) electrons. The van der Waals surface area contributed by atoms with Crippen LogP contribution in [-0.2, 0) is 0 Å². The smallest absolute Gasteiger partial charge is 0.214 e. The number of hydrogen-bond acceptors (Lipinski definition) is 5. The average molecular weight is 455 g/mol. The highest BCUT2D eigenvalue weighted by atomic mass is 35.5. The Morgan fingerprint density at radius 1 is 1.13 bits per heavy atom. The van der Waals surface area contributed by atoms with Crippen molar-refractivity contribution >= 4 is 35.1 Å². The second-order valence-corrected chi connectivity index (χ2v) is 9.14. The molecule has 1 aromatic carbocycles. The lowest BCUT2D eigenvalue weighted by molar-refractivity contribution is 0.462. The number of anilines is 2. The van der Waals surface area contributed by atoms with Crippen molar-refractivity contribution in [2.24, 2.45) is 5.92 Å². The van der Waals surface area contributed by atoms with Crippen molar-refractivity contribution in [3.05, 3.63) is 47.1 Å². The zero-order chi connectivity index (χ0) is 21.3. The van der Waals surface area contributed by atoms with E-state index in [9.17, 15) is 8.78 Å². The van der Waals surface area contributed by atoms with Crippen LogP contribution in [0.25, 0.3) is 0 Å². The highest BCUT2D eigenvalue weighted by Crippen LogP contribution is 2.33. The molecule has 1 aliphatic carbocycles. The molecule has 1 saturated carbocycles.